The molecule has 0 spiro atoms. The maximum Gasteiger partial charge on any atom is 0.441 e. The summed E-state index contributed by atoms with van der Waals surface area (Å²) >= 11 is 0.0970. The van der Waals surface area contributed by atoms with Gasteiger partial charge >= 0.3 is 5.51 Å². The first-order valence-corrected chi connectivity index (χ1v) is 8.40. The Morgan fingerprint density at radius 2 is 1.90 bits per heavy atom. The first kappa shape index (κ1) is 16.7. The van der Waals surface area contributed by atoms with Gasteiger partial charge in [0.05, 0.1) is 0 Å². The fourth-order valence-corrected chi connectivity index (χ4v) is 2.98. The van der Waals surface area contributed by atoms with Crippen LogP contribution in [0.2, 0.25) is 0 Å². The summed E-state index contributed by atoms with van der Waals surface area (Å²) in [6.45, 7) is 2.85. The normalized spacial score (nSPS) is 17.0. The molecule has 21 heavy (non-hydrogen) atoms. The molecular formula is C16H22F3NS. The second-order valence-electron chi connectivity index (χ2n) is 5.82. The molecule has 0 aliphatic heterocycles. The quantitative estimate of drug-likeness (QED) is 0.755. The Bertz CT molecular complexity index is 426. The van der Waals surface area contributed by atoms with Gasteiger partial charge in [-0.2, -0.15) is 13.2 Å². The molecule has 2 rings (SSSR count). The van der Waals surface area contributed by atoms with Crippen LogP contribution in [-0.2, 0) is 6.42 Å². The van der Waals surface area contributed by atoms with Crippen LogP contribution >= 0.6 is 11.8 Å². The SMILES string of the molecule is Cc1ccc(CC(CCSC(F)(F)F)CNC2CC2)cc1. The van der Waals surface area contributed by atoms with Crippen LogP contribution in [0.15, 0.2) is 24.3 Å². The van der Waals surface area contributed by atoms with E-state index in [1.54, 1.807) is 0 Å². The van der Waals surface area contributed by atoms with Crippen LogP contribution in [0.3, 0.4) is 0 Å². The van der Waals surface area contributed by atoms with E-state index in [4.69, 9.17) is 0 Å². The van der Waals surface area contributed by atoms with Gasteiger partial charge in [0.15, 0.2) is 0 Å². The second kappa shape index (κ2) is 7.54. The van der Waals surface area contributed by atoms with Crippen molar-refractivity contribution in [2.75, 3.05) is 12.3 Å². The lowest BCUT2D eigenvalue weighted by molar-refractivity contribution is -0.0328. The van der Waals surface area contributed by atoms with E-state index in [1.165, 1.54) is 24.0 Å². The molecule has 5 heteroatoms. The summed E-state index contributed by atoms with van der Waals surface area (Å²) in [6.07, 6.45) is 3.85. The Labute approximate surface area is 128 Å². The maximum absolute atomic E-state index is 12.2. The van der Waals surface area contributed by atoms with E-state index in [9.17, 15) is 13.2 Å². The molecule has 1 unspecified atom stereocenters. The van der Waals surface area contributed by atoms with Crippen LogP contribution in [0.4, 0.5) is 13.2 Å². The summed E-state index contributed by atoms with van der Waals surface area (Å²) in [7, 11) is 0. The Morgan fingerprint density at radius 3 is 2.48 bits per heavy atom. The van der Waals surface area contributed by atoms with E-state index in [2.05, 4.69) is 29.6 Å². The Hall–Kier alpha value is -0.680. The molecule has 1 aliphatic carbocycles. The van der Waals surface area contributed by atoms with Gasteiger partial charge in [-0.3, -0.25) is 0 Å². The van der Waals surface area contributed by atoms with Crippen LogP contribution in [0.25, 0.3) is 0 Å². The molecule has 1 N–H and O–H groups in total. The lowest BCUT2D eigenvalue weighted by Crippen LogP contribution is -2.26. The molecule has 1 aliphatic rings. The zero-order chi connectivity index (χ0) is 15.3. The molecule has 0 heterocycles. The summed E-state index contributed by atoms with van der Waals surface area (Å²) < 4.78 is 36.7. The standard InChI is InChI=1S/C16H22F3NS/c1-12-2-4-13(5-3-12)10-14(11-20-15-6-7-15)8-9-21-16(17,18)19/h2-5,14-15,20H,6-11H2,1H3. The Kier molecular flexibility index (Phi) is 5.99. The molecule has 1 atom stereocenters. The first-order chi connectivity index (χ1) is 9.92. The third-order valence-electron chi connectivity index (χ3n) is 3.71. The highest BCUT2D eigenvalue weighted by atomic mass is 32.2. The number of nitrogens with one attached hydrogen (secondary N) is 1. The molecule has 1 saturated carbocycles. The highest BCUT2D eigenvalue weighted by molar-refractivity contribution is 8.00. The van der Waals surface area contributed by atoms with Gasteiger partial charge in [-0.1, -0.05) is 41.6 Å². The molecule has 0 bridgehead atoms. The summed E-state index contributed by atoms with van der Waals surface area (Å²) in [5, 5.41) is 3.45. The molecule has 0 radical (unpaired) electrons. The fourth-order valence-electron chi connectivity index (χ4n) is 2.30. The molecule has 0 amide bonds. The van der Waals surface area contributed by atoms with Gasteiger partial charge < -0.3 is 5.32 Å². The van der Waals surface area contributed by atoms with Crippen LogP contribution in [0.5, 0.6) is 0 Å². The van der Waals surface area contributed by atoms with Crippen LogP contribution in [0.1, 0.15) is 30.4 Å². The Morgan fingerprint density at radius 1 is 1.24 bits per heavy atom. The summed E-state index contributed by atoms with van der Waals surface area (Å²) in [4.78, 5) is 0. The van der Waals surface area contributed by atoms with Gasteiger partial charge in [0.2, 0.25) is 0 Å². The highest BCUT2D eigenvalue weighted by Gasteiger charge is 2.28. The number of rotatable bonds is 8. The van der Waals surface area contributed by atoms with Crippen molar-refractivity contribution in [2.24, 2.45) is 5.92 Å². The smallest absolute Gasteiger partial charge is 0.314 e. The second-order valence-corrected chi connectivity index (χ2v) is 6.98. The van der Waals surface area contributed by atoms with Gasteiger partial charge in [-0.05, 0) is 50.6 Å². The van der Waals surface area contributed by atoms with Gasteiger partial charge in [0.25, 0.3) is 0 Å². The third-order valence-corrected chi connectivity index (χ3v) is 4.48. The van der Waals surface area contributed by atoms with Gasteiger partial charge in [-0.15, -0.1) is 0 Å². The van der Waals surface area contributed by atoms with Gasteiger partial charge in [0.1, 0.15) is 0 Å². The van der Waals surface area contributed by atoms with Crippen molar-refractivity contribution in [2.45, 2.75) is 44.2 Å². The first-order valence-electron chi connectivity index (χ1n) is 7.42. The minimum atomic E-state index is -4.11. The molecule has 1 aromatic carbocycles. The van der Waals surface area contributed by atoms with Gasteiger partial charge in [0, 0.05) is 11.8 Å². The molecule has 0 saturated heterocycles. The molecule has 0 aromatic heterocycles. The van der Waals surface area contributed by atoms with Crippen molar-refractivity contribution in [3.05, 3.63) is 35.4 Å². The van der Waals surface area contributed by atoms with Crippen molar-refractivity contribution in [3.63, 3.8) is 0 Å². The van der Waals surface area contributed by atoms with Crippen LogP contribution in [-0.4, -0.2) is 23.8 Å². The fraction of sp³-hybridized carbons (Fsp3) is 0.625. The zero-order valence-electron chi connectivity index (χ0n) is 12.2. The molecule has 1 nitrogen and oxygen atoms in total. The minimum absolute atomic E-state index is 0.0970. The molecule has 1 aromatic rings. The number of thioether (sulfide) groups is 1. The van der Waals surface area contributed by atoms with Crippen molar-refractivity contribution in [1.82, 2.24) is 5.32 Å². The average Bonchev–Trinajstić information content (AvgIpc) is 3.21. The van der Waals surface area contributed by atoms with E-state index in [1.807, 2.05) is 6.92 Å². The monoisotopic (exact) mass is 317 g/mol. The number of alkyl halides is 3. The number of hydrogen-bond acceptors (Lipinski definition) is 2. The Balaban J connectivity index is 1.82. The molecule has 118 valence electrons. The highest BCUT2D eigenvalue weighted by Crippen LogP contribution is 2.31. The summed E-state index contributed by atoms with van der Waals surface area (Å²) in [5.41, 5.74) is -1.70. The van der Waals surface area contributed by atoms with Crippen molar-refractivity contribution in [1.29, 1.82) is 0 Å². The predicted molar refractivity (Wildman–Crippen MR) is 82.5 cm³/mol. The summed E-state index contributed by atoms with van der Waals surface area (Å²) in [6, 6.07) is 8.88. The zero-order valence-corrected chi connectivity index (χ0v) is 13.1. The maximum atomic E-state index is 12.2. The average molecular weight is 317 g/mol. The number of halogens is 3. The van der Waals surface area contributed by atoms with E-state index in [0.29, 0.717) is 12.5 Å². The summed E-state index contributed by atoms with van der Waals surface area (Å²) in [5.74, 6) is 0.412. The van der Waals surface area contributed by atoms with Crippen LogP contribution < -0.4 is 5.32 Å². The molecule has 1 fully saturated rings. The minimum Gasteiger partial charge on any atom is -0.314 e. The van der Waals surface area contributed by atoms with E-state index in [-0.39, 0.29) is 23.4 Å². The van der Waals surface area contributed by atoms with E-state index < -0.39 is 5.51 Å². The van der Waals surface area contributed by atoms with Crippen LogP contribution in [0, 0.1) is 12.8 Å². The lowest BCUT2D eigenvalue weighted by Gasteiger charge is -2.18. The lowest BCUT2D eigenvalue weighted by atomic mass is 9.96. The van der Waals surface area contributed by atoms with E-state index in [0.717, 1.165) is 13.0 Å². The van der Waals surface area contributed by atoms with E-state index >= 15 is 0 Å². The third kappa shape index (κ3) is 7.23. The van der Waals surface area contributed by atoms with Crippen molar-refractivity contribution in [3.8, 4) is 0 Å². The largest absolute Gasteiger partial charge is 0.441 e. The predicted octanol–water partition coefficient (Wildman–Crippen LogP) is 4.55. The van der Waals surface area contributed by atoms with Crippen molar-refractivity contribution >= 4 is 11.8 Å². The number of benzene rings is 1. The number of aryl methyl sites for hydroxylation is 1. The molecular weight excluding hydrogens is 295 g/mol. The van der Waals surface area contributed by atoms with Crippen molar-refractivity contribution < 1.29 is 13.2 Å². The van der Waals surface area contributed by atoms with Gasteiger partial charge in [-0.25, -0.2) is 0 Å². The number of hydrogen-bond donors (Lipinski definition) is 1. The topological polar surface area (TPSA) is 12.0 Å².